The van der Waals surface area contributed by atoms with Crippen LogP contribution in [0.25, 0.3) is 16.8 Å². The number of fused-ring (bicyclic) bond motifs is 1. The van der Waals surface area contributed by atoms with Gasteiger partial charge in [-0.25, -0.2) is 5.43 Å². The zero-order valence-electron chi connectivity index (χ0n) is 26.0. The SMILES string of the molecule is C#CC[C@H](NC(=O)C(C)(C)C=Cc1cc2cc([C@@H](C)O)ccc2cn1)C(=O)N[C@@H](C)C(=O)N1CCC[C@@H](C(=O)OCC(Cl)(Cl)Cl)N1. The topological polar surface area (TPSA) is 150 Å². The number of hydrogen-bond donors (Lipinski definition) is 4. The minimum Gasteiger partial charge on any atom is -0.460 e. The van der Waals surface area contributed by atoms with E-state index in [1.54, 1.807) is 39.1 Å². The van der Waals surface area contributed by atoms with Gasteiger partial charge in [-0.15, -0.1) is 12.3 Å². The van der Waals surface area contributed by atoms with Gasteiger partial charge in [0.1, 0.15) is 24.7 Å². The highest BCUT2D eigenvalue weighted by Gasteiger charge is 2.34. The van der Waals surface area contributed by atoms with Crippen LogP contribution in [0.15, 0.2) is 36.5 Å². The van der Waals surface area contributed by atoms with Crippen molar-refractivity contribution in [1.82, 2.24) is 26.1 Å². The number of carbonyl (C=O) groups is 4. The Hall–Kier alpha value is -3.40. The van der Waals surface area contributed by atoms with E-state index in [1.807, 2.05) is 24.3 Å². The van der Waals surface area contributed by atoms with Gasteiger partial charge in [-0.1, -0.05) is 53.0 Å². The maximum Gasteiger partial charge on any atom is 0.325 e. The summed E-state index contributed by atoms with van der Waals surface area (Å²) in [6.45, 7) is 6.37. The quantitative estimate of drug-likeness (QED) is 0.158. The molecule has 1 aliphatic rings. The average Bonchev–Trinajstić information content (AvgIpc) is 3.01. The molecule has 1 aromatic heterocycles. The first kappa shape index (κ1) is 37.1. The molecule has 0 radical (unpaired) electrons. The third kappa shape index (κ3) is 10.6. The number of halogens is 3. The largest absolute Gasteiger partial charge is 0.460 e. The van der Waals surface area contributed by atoms with Crippen molar-refractivity contribution in [1.29, 1.82) is 0 Å². The molecule has 0 spiro atoms. The number of aromatic nitrogens is 1. The summed E-state index contributed by atoms with van der Waals surface area (Å²) in [5.74, 6) is 0.0828. The van der Waals surface area contributed by atoms with Crippen molar-refractivity contribution in [3.63, 3.8) is 0 Å². The number of aliphatic hydroxyl groups excluding tert-OH is 1. The van der Waals surface area contributed by atoms with Gasteiger partial charge in [0.05, 0.1) is 17.2 Å². The molecule has 11 nitrogen and oxygen atoms in total. The Morgan fingerprint density at radius 1 is 1.20 bits per heavy atom. The Bertz CT molecular complexity index is 1520. The molecule has 1 fully saturated rings. The lowest BCUT2D eigenvalue weighted by Gasteiger charge is -2.34. The Balaban J connectivity index is 1.61. The van der Waals surface area contributed by atoms with Crippen molar-refractivity contribution >= 4 is 75.3 Å². The van der Waals surface area contributed by atoms with Crippen molar-refractivity contribution in [2.24, 2.45) is 5.41 Å². The number of rotatable bonds is 11. The lowest BCUT2D eigenvalue weighted by molar-refractivity contribution is -0.152. The molecule has 1 saturated heterocycles. The number of aliphatic hydroxyl groups is 1. The molecule has 0 aliphatic carbocycles. The number of nitrogens with one attached hydrogen (secondary N) is 3. The molecule has 0 saturated carbocycles. The predicted octanol–water partition coefficient (Wildman–Crippen LogP) is 3.75. The molecule has 2 aromatic rings. The summed E-state index contributed by atoms with van der Waals surface area (Å²) >= 11 is 16.9. The average molecular weight is 695 g/mol. The van der Waals surface area contributed by atoms with E-state index in [9.17, 15) is 24.3 Å². The van der Waals surface area contributed by atoms with E-state index in [0.29, 0.717) is 18.5 Å². The number of hydrogen-bond acceptors (Lipinski definition) is 8. The number of alkyl halides is 3. The lowest BCUT2D eigenvalue weighted by atomic mass is 9.90. The van der Waals surface area contributed by atoms with Crippen LogP contribution >= 0.6 is 34.8 Å². The Morgan fingerprint density at radius 3 is 2.57 bits per heavy atom. The second-order valence-electron chi connectivity index (χ2n) is 11.6. The van der Waals surface area contributed by atoms with Gasteiger partial charge >= 0.3 is 5.97 Å². The molecule has 0 unspecified atom stereocenters. The van der Waals surface area contributed by atoms with Gasteiger partial charge in [0.2, 0.25) is 15.6 Å². The molecular weight excluding hydrogens is 657 g/mol. The van der Waals surface area contributed by atoms with E-state index in [0.717, 1.165) is 16.3 Å². The highest BCUT2D eigenvalue weighted by molar-refractivity contribution is 6.67. The summed E-state index contributed by atoms with van der Waals surface area (Å²) in [5, 5.41) is 18.2. The number of ether oxygens (including phenoxy) is 1. The number of benzene rings is 1. The molecule has 4 N–H and O–H groups in total. The monoisotopic (exact) mass is 693 g/mol. The van der Waals surface area contributed by atoms with E-state index in [1.165, 1.54) is 11.9 Å². The fourth-order valence-corrected chi connectivity index (χ4v) is 4.71. The second-order valence-corrected chi connectivity index (χ2v) is 14.2. The van der Waals surface area contributed by atoms with E-state index >= 15 is 0 Å². The van der Waals surface area contributed by atoms with Crippen molar-refractivity contribution < 1.29 is 29.0 Å². The number of nitrogens with zero attached hydrogens (tertiary/aromatic N) is 2. The minimum absolute atomic E-state index is 0.116. The Labute approximate surface area is 283 Å². The zero-order valence-corrected chi connectivity index (χ0v) is 28.2. The van der Waals surface area contributed by atoms with E-state index in [2.05, 4.69) is 27.0 Å². The molecule has 3 rings (SSSR count). The van der Waals surface area contributed by atoms with Gasteiger partial charge in [-0.2, -0.15) is 0 Å². The van der Waals surface area contributed by atoms with Crippen molar-refractivity contribution in [3.05, 3.63) is 47.8 Å². The van der Waals surface area contributed by atoms with Crippen molar-refractivity contribution in [3.8, 4) is 12.3 Å². The van der Waals surface area contributed by atoms with Crippen LogP contribution in [-0.2, 0) is 23.9 Å². The van der Waals surface area contributed by atoms with Gasteiger partial charge < -0.3 is 20.5 Å². The predicted molar refractivity (Wildman–Crippen MR) is 177 cm³/mol. The zero-order chi connectivity index (χ0) is 34.2. The molecule has 46 heavy (non-hydrogen) atoms. The summed E-state index contributed by atoms with van der Waals surface area (Å²) in [5.41, 5.74) is 3.11. The maximum absolute atomic E-state index is 13.3. The summed E-state index contributed by atoms with van der Waals surface area (Å²) < 4.78 is 3.24. The number of hydrazine groups is 1. The number of terminal acetylenes is 1. The first-order chi connectivity index (χ1) is 21.5. The molecule has 3 amide bonds. The van der Waals surface area contributed by atoms with Crippen LogP contribution in [0.4, 0.5) is 0 Å². The van der Waals surface area contributed by atoms with Gasteiger partial charge in [-0.3, -0.25) is 29.2 Å². The van der Waals surface area contributed by atoms with Gasteiger partial charge in [0, 0.05) is 24.5 Å². The number of amides is 3. The molecule has 14 heteroatoms. The van der Waals surface area contributed by atoms with E-state index in [-0.39, 0.29) is 13.0 Å². The smallest absolute Gasteiger partial charge is 0.325 e. The van der Waals surface area contributed by atoms with E-state index in [4.69, 9.17) is 46.0 Å². The summed E-state index contributed by atoms with van der Waals surface area (Å²) in [4.78, 5) is 56.3. The van der Waals surface area contributed by atoms with Crippen LogP contribution in [0.2, 0.25) is 0 Å². The molecule has 248 valence electrons. The highest BCUT2D eigenvalue weighted by atomic mass is 35.6. The molecule has 1 aliphatic heterocycles. The van der Waals surface area contributed by atoms with E-state index < -0.39 is 63.7 Å². The molecule has 1 aromatic carbocycles. The van der Waals surface area contributed by atoms with Crippen molar-refractivity contribution in [2.75, 3.05) is 13.2 Å². The van der Waals surface area contributed by atoms with Crippen LogP contribution in [0.5, 0.6) is 0 Å². The van der Waals surface area contributed by atoms with Gasteiger partial charge in [0.15, 0.2) is 0 Å². The maximum atomic E-state index is 13.3. The third-order valence-corrected chi connectivity index (χ3v) is 7.62. The van der Waals surface area contributed by atoms with Crippen molar-refractivity contribution in [2.45, 2.75) is 75.0 Å². The van der Waals surface area contributed by atoms with Gasteiger partial charge in [-0.05, 0) is 69.7 Å². The first-order valence-electron chi connectivity index (χ1n) is 14.6. The summed E-state index contributed by atoms with van der Waals surface area (Å²) in [6, 6.07) is 4.48. The molecule has 0 bridgehead atoms. The molecule has 2 heterocycles. The first-order valence-corrected chi connectivity index (χ1v) is 15.8. The standard InChI is InChI=1S/C32H38Cl3N5O6/c1-6-8-25(27(42)37-19(2)28(43)40-14-7-9-26(39-40)29(44)46-18-32(33,34)35)38-30(45)31(4,5)13-12-24-16-23-15-21(20(3)41)10-11-22(23)17-36-24/h1,10-13,15-17,19-20,25-26,39,41H,7-9,14,18H2,2-5H3,(H,37,42)(H,38,45)/t19-,20+,25-,26-/m0/s1. The minimum atomic E-state index is -1.77. The number of pyridine rings is 1. The fourth-order valence-electron chi connectivity index (χ4n) is 4.55. The Kier molecular flexibility index (Phi) is 12.8. The summed E-state index contributed by atoms with van der Waals surface area (Å²) in [7, 11) is 0. The number of carbonyl (C=O) groups excluding carboxylic acids is 4. The second kappa shape index (κ2) is 15.9. The Morgan fingerprint density at radius 2 is 1.91 bits per heavy atom. The highest BCUT2D eigenvalue weighted by Crippen LogP contribution is 2.26. The van der Waals surface area contributed by atoms with Crippen LogP contribution in [0, 0.1) is 17.8 Å². The van der Waals surface area contributed by atoms with Gasteiger partial charge in [0.25, 0.3) is 5.91 Å². The van der Waals surface area contributed by atoms with Crippen LogP contribution < -0.4 is 16.1 Å². The molecule has 4 atom stereocenters. The van der Waals surface area contributed by atoms with Crippen LogP contribution in [0.3, 0.4) is 0 Å². The fraction of sp³-hybridized carbons (Fsp3) is 0.469. The lowest BCUT2D eigenvalue weighted by Crippen LogP contribution is -2.60. The third-order valence-electron chi connectivity index (χ3n) is 7.29. The number of esters is 1. The normalized spacial score (nSPS) is 17.5. The van der Waals surface area contributed by atoms with Crippen LogP contribution in [0.1, 0.15) is 64.3 Å². The summed E-state index contributed by atoms with van der Waals surface area (Å²) in [6.07, 6.45) is 10.7. The van der Waals surface area contributed by atoms with Crippen LogP contribution in [-0.4, -0.2) is 73.9 Å². The molecular formula is C32H38Cl3N5O6.